The first-order valence-corrected chi connectivity index (χ1v) is 7.19. The molecule has 1 N–H and O–H groups in total. The van der Waals surface area contributed by atoms with Crippen LogP contribution in [0.4, 0.5) is 0 Å². The van der Waals surface area contributed by atoms with Crippen LogP contribution in [0.1, 0.15) is 19.3 Å². The first kappa shape index (κ1) is 11.4. The molecule has 4 aliphatic rings. The Kier molecular flexibility index (Phi) is 2.39. The van der Waals surface area contributed by atoms with Crippen molar-refractivity contribution in [1.29, 1.82) is 0 Å². The summed E-state index contributed by atoms with van der Waals surface area (Å²) in [4.78, 5) is 13.8. The van der Waals surface area contributed by atoms with Crippen molar-refractivity contribution in [2.75, 3.05) is 26.3 Å². The van der Waals surface area contributed by atoms with Crippen LogP contribution < -0.4 is 0 Å². The van der Waals surface area contributed by atoms with Gasteiger partial charge in [0.05, 0.1) is 18.1 Å². The van der Waals surface area contributed by atoms with Gasteiger partial charge in [0.15, 0.2) is 0 Å². The van der Waals surface area contributed by atoms with Gasteiger partial charge in [-0.2, -0.15) is 0 Å². The van der Waals surface area contributed by atoms with Crippen molar-refractivity contribution >= 4 is 6.29 Å². The van der Waals surface area contributed by atoms with E-state index in [1.54, 1.807) is 0 Å². The van der Waals surface area contributed by atoms with Crippen LogP contribution in [-0.2, 0) is 9.53 Å². The average Bonchev–Trinajstić information content (AvgIpc) is 3.05. The summed E-state index contributed by atoms with van der Waals surface area (Å²) in [5, 5.41) is 10.3. The number of hydrogen-bond acceptors (Lipinski definition) is 4. The smallest absolute Gasteiger partial charge is 0.129 e. The van der Waals surface area contributed by atoms with Crippen LogP contribution in [0.2, 0.25) is 0 Å². The fraction of sp³-hybridized carbons (Fsp3) is 0.929. The minimum Gasteiger partial charge on any atom is -0.391 e. The highest BCUT2D eigenvalue weighted by Crippen LogP contribution is 2.55. The summed E-state index contributed by atoms with van der Waals surface area (Å²) in [5.41, 5.74) is -0.304. The fourth-order valence-corrected chi connectivity index (χ4v) is 5.00. The normalized spacial score (nSPS) is 54.4. The molecule has 6 atom stereocenters. The van der Waals surface area contributed by atoms with Crippen molar-refractivity contribution in [1.82, 2.24) is 4.90 Å². The topological polar surface area (TPSA) is 49.8 Å². The molecular weight excluding hydrogens is 230 g/mol. The number of aldehydes is 1. The van der Waals surface area contributed by atoms with E-state index in [0.717, 1.165) is 31.7 Å². The molecule has 4 heteroatoms. The number of rotatable bonds is 3. The third-order valence-corrected chi connectivity index (χ3v) is 5.85. The van der Waals surface area contributed by atoms with E-state index in [2.05, 4.69) is 4.90 Å². The first-order chi connectivity index (χ1) is 8.72. The quantitative estimate of drug-likeness (QED) is 0.733. The zero-order valence-corrected chi connectivity index (χ0v) is 10.6. The Morgan fingerprint density at radius 2 is 2.28 bits per heavy atom. The number of ether oxygens (including phenoxy) is 1. The summed E-state index contributed by atoms with van der Waals surface area (Å²) < 4.78 is 5.42. The lowest BCUT2D eigenvalue weighted by Gasteiger charge is -2.33. The predicted octanol–water partition coefficient (Wildman–Crippen LogP) is 0.293. The molecule has 0 radical (unpaired) electrons. The zero-order valence-electron chi connectivity index (χ0n) is 10.6. The van der Waals surface area contributed by atoms with E-state index >= 15 is 0 Å². The van der Waals surface area contributed by atoms with E-state index in [-0.39, 0.29) is 11.5 Å². The maximum Gasteiger partial charge on any atom is 0.129 e. The predicted molar refractivity (Wildman–Crippen MR) is 65.0 cm³/mol. The Morgan fingerprint density at radius 3 is 2.94 bits per heavy atom. The van der Waals surface area contributed by atoms with Crippen molar-refractivity contribution in [2.45, 2.75) is 31.4 Å². The summed E-state index contributed by atoms with van der Waals surface area (Å²) in [5.74, 6) is 1.99. The van der Waals surface area contributed by atoms with Gasteiger partial charge in [0.2, 0.25) is 0 Å². The maximum atomic E-state index is 11.4. The van der Waals surface area contributed by atoms with Gasteiger partial charge >= 0.3 is 0 Å². The summed E-state index contributed by atoms with van der Waals surface area (Å²) in [6.45, 7) is 3.14. The molecular formula is C14H21NO3. The Hall–Kier alpha value is -0.450. The van der Waals surface area contributed by atoms with Crippen molar-refractivity contribution in [3.05, 3.63) is 0 Å². The lowest BCUT2D eigenvalue weighted by molar-refractivity contribution is -0.117. The van der Waals surface area contributed by atoms with E-state index < -0.39 is 0 Å². The third kappa shape index (κ3) is 1.40. The van der Waals surface area contributed by atoms with E-state index in [1.165, 1.54) is 12.8 Å². The number of carbonyl (C=O) groups is 1. The standard InChI is InChI=1S/C14H21NO3/c16-7-14(1-2-18-8-14)6-15-5-10-3-9-4-11(10)12(15)13(9)17/h7,9-13,17H,1-6,8H2. The van der Waals surface area contributed by atoms with Gasteiger partial charge in [-0.05, 0) is 37.0 Å². The third-order valence-electron chi connectivity index (χ3n) is 5.85. The molecule has 2 saturated carbocycles. The monoisotopic (exact) mass is 251 g/mol. The van der Waals surface area contributed by atoms with Crippen molar-refractivity contribution in [2.24, 2.45) is 23.2 Å². The number of aliphatic hydroxyl groups excluding tert-OH is 1. The molecule has 2 saturated heterocycles. The van der Waals surface area contributed by atoms with Gasteiger partial charge in [-0.15, -0.1) is 0 Å². The number of carbonyl (C=O) groups excluding carboxylic acids is 1. The molecule has 18 heavy (non-hydrogen) atoms. The Bertz CT molecular complexity index is 364. The molecule has 2 heterocycles. The first-order valence-electron chi connectivity index (χ1n) is 7.19. The van der Waals surface area contributed by atoms with E-state index in [0.29, 0.717) is 31.1 Å². The second-order valence-electron chi connectivity index (χ2n) is 6.85. The van der Waals surface area contributed by atoms with Crippen LogP contribution in [0.3, 0.4) is 0 Å². The highest BCUT2D eigenvalue weighted by atomic mass is 16.5. The Labute approximate surface area is 107 Å². The number of fused-ring (bicyclic) bond motifs is 1. The van der Waals surface area contributed by atoms with Crippen LogP contribution in [0.5, 0.6) is 0 Å². The number of aliphatic hydroxyl groups is 1. The summed E-state index contributed by atoms with van der Waals surface area (Å²) >= 11 is 0. The molecule has 2 aliphatic carbocycles. The molecule has 0 aromatic heterocycles. The van der Waals surface area contributed by atoms with E-state index in [4.69, 9.17) is 4.74 Å². The second-order valence-corrected chi connectivity index (χ2v) is 6.85. The molecule has 0 amide bonds. The molecule has 100 valence electrons. The highest BCUT2D eigenvalue weighted by Gasteiger charge is 2.59. The summed E-state index contributed by atoms with van der Waals surface area (Å²) in [6, 6.07) is 0.325. The molecule has 6 unspecified atom stereocenters. The Morgan fingerprint density at radius 1 is 1.39 bits per heavy atom. The van der Waals surface area contributed by atoms with Gasteiger partial charge in [-0.1, -0.05) is 0 Å². The number of hydrogen-bond donors (Lipinski definition) is 1. The van der Waals surface area contributed by atoms with Crippen molar-refractivity contribution < 1.29 is 14.6 Å². The van der Waals surface area contributed by atoms with Crippen LogP contribution >= 0.6 is 0 Å². The fourth-order valence-electron chi connectivity index (χ4n) is 5.00. The minimum absolute atomic E-state index is 0.153. The molecule has 2 bridgehead atoms. The molecule has 0 spiro atoms. The molecule has 2 aliphatic heterocycles. The molecule has 4 nitrogen and oxygen atoms in total. The molecule has 0 aromatic carbocycles. The van der Waals surface area contributed by atoms with Crippen LogP contribution in [0.25, 0.3) is 0 Å². The SMILES string of the molecule is O=CC1(CN2CC3CC4CC3C2C4O)CCOC1. The van der Waals surface area contributed by atoms with Gasteiger partial charge in [-0.25, -0.2) is 0 Å². The Balaban J connectivity index is 1.54. The summed E-state index contributed by atoms with van der Waals surface area (Å²) in [7, 11) is 0. The van der Waals surface area contributed by atoms with E-state index in [1.807, 2.05) is 0 Å². The number of nitrogens with zero attached hydrogens (tertiary/aromatic N) is 1. The van der Waals surface area contributed by atoms with Crippen LogP contribution in [-0.4, -0.2) is 54.7 Å². The average molecular weight is 251 g/mol. The van der Waals surface area contributed by atoms with Crippen LogP contribution in [0.15, 0.2) is 0 Å². The lowest BCUT2D eigenvalue weighted by Crippen LogP contribution is -2.46. The molecule has 4 fully saturated rings. The van der Waals surface area contributed by atoms with Gasteiger partial charge in [0.25, 0.3) is 0 Å². The highest BCUT2D eigenvalue weighted by molar-refractivity contribution is 5.60. The summed E-state index contributed by atoms with van der Waals surface area (Å²) in [6.07, 6.45) is 4.19. The van der Waals surface area contributed by atoms with Crippen LogP contribution in [0, 0.1) is 23.2 Å². The molecule has 0 aromatic rings. The molecule has 4 rings (SSSR count). The maximum absolute atomic E-state index is 11.4. The van der Waals surface area contributed by atoms with Gasteiger partial charge < -0.3 is 14.6 Å². The van der Waals surface area contributed by atoms with Gasteiger partial charge in [-0.3, -0.25) is 4.90 Å². The minimum atomic E-state index is -0.304. The second kappa shape index (κ2) is 3.78. The number of likely N-dealkylation sites (tertiary alicyclic amines) is 1. The van der Waals surface area contributed by atoms with Crippen molar-refractivity contribution in [3.8, 4) is 0 Å². The van der Waals surface area contributed by atoms with Gasteiger partial charge in [0, 0.05) is 25.7 Å². The lowest BCUT2D eigenvalue weighted by atomic mass is 9.86. The van der Waals surface area contributed by atoms with E-state index in [9.17, 15) is 9.90 Å². The van der Waals surface area contributed by atoms with Crippen molar-refractivity contribution in [3.63, 3.8) is 0 Å². The largest absolute Gasteiger partial charge is 0.391 e. The van der Waals surface area contributed by atoms with Gasteiger partial charge in [0.1, 0.15) is 6.29 Å². The zero-order chi connectivity index (χ0) is 12.3.